The summed E-state index contributed by atoms with van der Waals surface area (Å²) in [5.74, 6) is -0.0928. The number of halogens is 1. The first-order valence-electron chi connectivity index (χ1n) is 5.94. The predicted octanol–water partition coefficient (Wildman–Crippen LogP) is 1.70. The molecule has 1 aromatic carbocycles. The lowest BCUT2D eigenvalue weighted by Crippen LogP contribution is -2.34. The second-order valence-corrected chi connectivity index (χ2v) is 6.95. The van der Waals surface area contributed by atoms with Gasteiger partial charge in [-0.1, -0.05) is 6.07 Å². The second-order valence-electron chi connectivity index (χ2n) is 4.77. The average molecular weight is 273 g/mol. The topological polar surface area (TPSA) is 46.2 Å². The van der Waals surface area contributed by atoms with Crippen molar-refractivity contribution >= 4 is 9.84 Å². The van der Waals surface area contributed by atoms with Crippen molar-refractivity contribution in [1.82, 2.24) is 5.32 Å². The molecule has 0 saturated heterocycles. The summed E-state index contributed by atoms with van der Waals surface area (Å²) in [6.07, 6.45) is 2.00. The van der Waals surface area contributed by atoms with Gasteiger partial charge in [-0.25, -0.2) is 12.8 Å². The van der Waals surface area contributed by atoms with Crippen molar-refractivity contribution in [1.29, 1.82) is 0 Å². The van der Waals surface area contributed by atoms with Crippen molar-refractivity contribution in [3.8, 4) is 0 Å². The molecule has 0 spiro atoms. The van der Waals surface area contributed by atoms with Crippen LogP contribution in [-0.4, -0.2) is 33.0 Å². The molecule has 0 aromatic heterocycles. The van der Waals surface area contributed by atoms with Gasteiger partial charge in [0.2, 0.25) is 0 Å². The van der Waals surface area contributed by atoms with E-state index in [0.717, 1.165) is 17.5 Å². The van der Waals surface area contributed by atoms with Gasteiger partial charge in [0.25, 0.3) is 0 Å². The van der Waals surface area contributed by atoms with Crippen molar-refractivity contribution in [3.05, 3.63) is 35.1 Å². The van der Waals surface area contributed by atoms with Crippen LogP contribution in [0.4, 0.5) is 4.39 Å². The quantitative estimate of drug-likeness (QED) is 0.858. The lowest BCUT2D eigenvalue weighted by molar-refractivity contribution is 0.561. The maximum Gasteiger partial charge on any atom is 0.148 e. The van der Waals surface area contributed by atoms with E-state index in [-0.39, 0.29) is 17.6 Å². The zero-order valence-corrected chi connectivity index (χ0v) is 11.8. The summed E-state index contributed by atoms with van der Waals surface area (Å²) in [7, 11) is -2.94. The largest absolute Gasteiger partial charge is 0.313 e. The fraction of sp³-hybridized carbons (Fsp3) is 0.538. The van der Waals surface area contributed by atoms with Crippen LogP contribution in [0.15, 0.2) is 18.2 Å². The van der Waals surface area contributed by atoms with Gasteiger partial charge in [-0.3, -0.25) is 0 Å². The van der Waals surface area contributed by atoms with E-state index in [1.165, 1.54) is 18.4 Å². The fourth-order valence-electron chi connectivity index (χ4n) is 1.91. The highest BCUT2D eigenvalue weighted by Gasteiger charge is 2.09. The van der Waals surface area contributed by atoms with Gasteiger partial charge in [0.1, 0.15) is 15.7 Å². The summed E-state index contributed by atoms with van der Waals surface area (Å²) >= 11 is 0. The van der Waals surface area contributed by atoms with Crippen LogP contribution in [0.25, 0.3) is 0 Å². The first-order chi connectivity index (χ1) is 8.28. The summed E-state index contributed by atoms with van der Waals surface area (Å²) < 4.78 is 35.1. The third-order valence-electron chi connectivity index (χ3n) is 2.74. The Morgan fingerprint density at radius 3 is 2.61 bits per heavy atom. The minimum absolute atomic E-state index is 0.0687. The third-order valence-corrected chi connectivity index (χ3v) is 3.85. The lowest BCUT2D eigenvalue weighted by Gasteiger charge is -2.13. The maximum absolute atomic E-state index is 12.9. The summed E-state index contributed by atoms with van der Waals surface area (Å²) in [4.78, 5) is 0. The standard InChI is InChI=1S/C13H20FNO2S/c1-10-8-13(14)5-4-12(10)6-7-15-11(2)9-18(3,16)17/h4-5,8,11,15H,6-7,9H2,1-3H3. The van der Waals surface area contributed by atoms with Crippen molar-refractivity contribution in [3.63, 3.8) is 0 Å². The highest BCUT2D eigenvalue weighted by molar-refractivity contribution is 7.90. The van der Waals surface area contributed by atoms with Crippen molar-refractivity contribution in [2.24, 2.45) is 0 Å². The van der Waals surface area contributed by atoms with Gasteiger partial charge in [-0.05, 0) is 50.1 Å². The minimum Gasteiger partial charge on any atom is -0.313 e. The van der Waals surface area contributed by atoms with Crippen LogP contribution in [0.3, 0.4) is 0 Å². The first kappa shape index (κ1) is 15.1. The Hall–Kier alpha value is -0.940. The first-order valence-corrected chi connectivity index (χ1v) is 8.00. The Morgan fingerprint density at radius 1 is 1.39 bits per heavy atom. The SMILES string of the molecule is Cc1cc(F)ccc1CCNC(C)CS(C)(=O)=O. The van der Waals surface area contributed by atoms with Crippen LogP contribution < -0.4 is 5.32 Å². The summed E-state index contributed by atoms with van der Waals surface area (Å²) in [5, 5.41) is 3.16. The Labute approximate surface area is 108 Å². The number of hydrogen-bond acceptors (Lipinski definition) is 3. The smallest absolute Gasteiger partial charge is 0.148 e. The number of nitrogens with one attached hydrogen (secondary N) is 1. The molecule has 1 rings (SSSR count). The van der Waals surface area contributed by atoms with E-state index in [9.17, 15) is 12.8 Å². The van der Waals surface area contributed by atoms with Crippen LogP contribution in [0.1, 0.15) is 18.1 Å². The van der Waals surface area contributed by atoms with Crippen LogP contribution in [-0.2, 0) is 16.3 Å². The fourth-order valence-corrected chi connectivity index (χ4v) is 2.93. The van der Waals surface area contributed by atoms with Crippen molar-refractivity contribution in [2.75, 3.05) is 18.6 Å². The summed E-state index contributed by atoms with van der Waals surface area (Å²) in [5.41, 5.74) is 2.00. The minimum atomic E-state index is -2.94. The van der Waals surface area contributed by atoms with E-state index >= 15 is 0 Å². The Balaban J connectivity index is 2.42. The summed E-state index contributed by atoms with van der Waals surface area (Å²) in [6, 6.07) is 4.66. The molecule has 0 aliphatic rings. The molecule has 0 aliphatic heterocycles. The Kier molecular flexibility index (Phi) is 5.28. The molecule has 0 amide bonds. The number of benzene rings is 1. The van der Waals surface area contributed by atoms with Gasteiger partial charge in [0.05, 0.1) is 5.75 Å². The predicted molar refractivity (Wildman–Crippen MR) is 72.0 cm³/mol. The molecule has 3 nitrogen and oxygen atoms in total. The molecule has 102 valence electrons. The molecule has 18 heavy (non-hydrogen) atoms. The zero-order valence-electron chi connectivity index (χ0n) is 11.0. The Bertz CT molecular complexity index is 500. The van der Waals surface area contributed by atoms with E-state index in [1.807, 2.05) is 13.8 Å². The second kappa shape index (κ2) is 6.29. The van der Waals surface area contributed by atoms with E-state index in [0.29, 0.717) is 6.54 Å². The normalized spacial score (nSPS) is 13.6. The molecule has 5 heteroatoms. The molecule has 1 aromatic rings. The third kappa shape index (κ3) is 5.60. The van der Waals surface area contributed by atoms with Crippen molar-refractivity contribution < 1.29 is 12.8 Å². The average Bonchev–Trinajstić information content (AvgIpc) is 2.18. The number of sulfone groups is 1. The van der Waals surface area contributed by atoms with Crippen LogP contribution in [0.5, 0.6) is 0 Å². The van der Waals surface area contributed by atoms with E-state index < -0.39 is 9.84 Å². The van der Waals surface area contributed by atoms with Crippen LogP contribution in [0, 0.1) is 12.7 Å². The zero-order chi connectivity index (χ0) is 13.8. The van der Waals surface area contributed by atoms with E-state index in [2.05, 4.69) is 5.32 Å². The van der Waals surface area contributed by atoms with Gasteiger partial charge in [0.15, 0.2) is 0 Å². The number of rotatable bonds is 6. The Morgan fingerprint density at radius 2 is 2.06 bits per heavy atom. The molecular weight excluding hydrogens is 253 g/mol. The summed E-state index contributed by atoms with van der Waals surface area (Å²) in [6.45, 7) is 4.40. The monoisotopic (exact) mass is 273 g/mol. The maximum atomic E-state index is 12.9. The van der Waals surface area contributed by atoms with Crippen LogP contribution >= 0.6 is 0 Å². The molecule has 0 saturated carbocycles. The molecule has 0 bridgehead atoms. The molecule has 0 radical (unpaired) electrons. The van der Waals surface area contributed by atoms with Crippen molar-refractivity contribution in [2.45, 2.75) is 26.3 Å². The van der Waals surface area contributed by atoms with Gasteiger partial charge >= 0.3 is 0 Å². The molecule has 0 fully saturated rings. The molecule has 0 heterocycles. The van der Waals surface area contributed by atoms with Gasteiger partial charge < -0.3 is 5.32 Å². The molecular formula is C13H20FNO2S. The molecule has 1 N–H and O–H groups in total. The molecule has 1 unspecified atom stereocenters. The van der Waals surface area contributed by atoms with Gasteiger partial charge in [-0.2, -0.15) is 0 Å². The van der Waals surface area contributed by atoms with E-state index in [1.54, 1.807) is 6.07 Å². The molecule has 0 aliphatic carbocycles. The van der Waals surface area contributed by atoms with Crippen LogP contribution in [0.2, 0.25) is 0 Å². The lowest BCUT2D eigenvalue weighted by atomic mass is 10.1. The van der Waals surface area contributed by atoms with E-state index in [4.69, 9.17) is 0 Å². The number of aryl methyl sites for hydroxylation is 1. The molecule has 1 atom stereocenters. The number of hydrogen-bond donors (Lipinski definition) is 1. The van der Waals surface area contributed by atoms with Gasteiger partial charge in [-0.15, -0.1) is 0 Å². The highest BCUT2D eigenvalue weighted by atomic mass is 32.2. The van der Waals surface area contributed by atoms with Gasteiger partial charge in [0, 0.05) is 12.3 Å². The highest BCUT2D eigenvalue weighted by Crippen LogP contribution is 2.10.